The molecule has 0 bridgehead atoms. The largest absolute Gasteiger partial charge is 0.353 e. The molecule has 0 radical (unpaired) electrons. The molecule has 0 aromatic heterocycles. The lowest BCUT2D eigenvalue weighted by molar-refractivity contribution is -0.140. The third-order valence-corrected chi connectivity index (χ3v) is 10.6. The zero-order valence-electron chi connectivity index (χ0n) is 21.4. The van der Waals surface area contributed by atoms with Crippen LogP contribution in [0.5, 0.6) is 0 Å². The van der Waals surface area contributed by atoms with Crippen molar-refractivity contribution in [2.75, 3.05) is 26.2 Å². The van der Waals surface area contributed by atoms with Crippen LogP contribution in [0.3, 0.4) is 0 Å². The van der Waals surface area contributed by atoms with E-state index in [1.807, 2.05) is 24.0 Å². The maximum absolute atomic E-state index is 13.1. The summed E-state index contributed by atoms with van der Waals surface area (Å²) in [4.78, 5) is 28.2. The minimum atomic E-state index is -3.53. The van der Waals surface area contributed by atoms with Gasteiger partial charge in [-0.05, 0) is 63.0 Å². The number of piperidine rings is 2. The van der Waals surface area contributed by atoms with Crippen LogP contribution < -0.4 is 5.32 Å². The van der Waals surface area contributed by atoms with Gasteiger partial charge in [0, 0.05) is 44.1 Å². The Morgan fingerprint density at radius 1 is 0.857 bits per heavy atom. The van der Waals surface area contributed by atoms with Crippen molar-refractivity contribution in [3.05, 3.63) is 29.8 Å². The van der Waals surface area contributed by atoms with Gasteiger partial charge >= 0.3 is 0 Å². The lowest BCUT2D eigenvalue weighted by Gasteiger charge is -2.38. The first-order valence-electron chi connectivity index (χ1n) is 13.3. The van der Waals surface area contributed by atoms with Gasteiger partial charge in [0.15, 0.2) is 0 Å². The molecule has 2 aliphatic heterocycles. The summed E-state index contributed by atoms with van der Waals surface area (Å²) in [5, 5.41) is 3.31. The third kappa shape index (κ3) is 5.91. The Morgan fingerprint density at radius 2 is 1.46 bits per heavy atom. The van der Waals surface area contributed by atoms with Crippen LogP contribution in [0.1, 0.15) is 64.4 Å². The highest BCUT2D eigenvalue weighted by Gasteiger charge is 2.36. The number of sulfonamides is 1. The van der Waals surface area contributed by atoms with Crippen LogP contribution in [0.15, 0.2) is 29.2 Å². The first-order chi connectivity index (χ1) is 16.7. The SMILES string of the molecule is Cc1ccc(S(=O)(=O)N2CCC(C(=O)N3CCC(C(=O)N[C@@H]4CCC[C@H](C)[C@@H]4C)CC3)CC2)cc1. The molecule has 3 aliphatic rings. The van der Waals surface area contributed by atoms with Gasteiger partial charge in [0.2, 0.25) is 21.8 Å². The van der Waals surface area contributed by atoms with Crippen LogP contribution in [-0.2, 0) is 19.6 Å². The molecule has 8 heteroatoms. The molecule has 7 nitrogen and oxygen atoms in total. The van der Waals surface area contributed by atoms with E-state index >= 15 is 0 Å². The van der Waals surface area contributed by atoms with Crippen LogP contribution in [0.2, 0.25) is 0 Å². The van der Waals surface area contributed by atoms with Gasteiger partial charge in [-0.1, -0.05) is 44.4 Å². The zero-order chi connectivity index (χ0) is 25.2. The van der Waals surface area contributed by atoms with Gasteiger partial charge in [0.25, 0.3) is 0 Å². The van der Waals surface area contributed by atoms with Gasteiger partial charge in [-0.15, -0.1) is 0 Å². The molecule has 0 unspecified atom stereocenters. The lowest BCUT2D eigenvalue weighted by atomic mass is 9.78. The number of nitrogens with zero attached hydrogens (tertiary/aromatic N) is 2. The van der Waals surface area contributed by atoms with E-state index in [1.165, 1.54) is 17.1 Å². The summed E-state index contributed by atoms with van der Waals surface area (Å²) in [6.07, 6.45) is 5.97. The summed E-state index contributed by atoms with van der Waals surface area (Å²) in [5.74, 6) is 1.25. The molecule has 4 rings (SSSR count). The van der Waals surface area contributed by atoms with Crippen molar-refractivity contribution in [3.63, 3.8) is 0 Å². The zero-order valence-corrected chi connectivity index (χ0v) is 22.2. The molecular formula is C27H41N3O4S. The van der Waals surface area contributed by atoms with Crippen LogP contribution in [-0.4, -0.2) is 61.7 Å². The molecule has 2 saturated heterocycles. The molecule has 1 N–H and O–H groups in total. The average Bonchev–Trinajstić information content (AvgIpc) is 2.87. The monoisotopic (exact) mass is 503 g/mol. The van der Waals surface area contributed by atoms with Crippen molar-refractivity contribution in [1.82, 2.24) is 14.5 Å². The van der Waals surface area contributed by atoms with E-state index in [4.69, 9.17) is 0 Å². The van der Waals surface area contributed by atoms with Gasteiger partial charge in [0.05, 0.1) is 4.90 Å². The van der Waals surface area contributed by atoms with Gasteiger partial charge < -0.3 is 10.2 Å². The Labute approximate surface area is 210 Å². The van der Waals surface area contributed by atoms with Gasteiger partial charge in [-0.3, -0.25) is 9.59 Å². The molecule has 1 aromatic carbocycles. The van der Waals surface area contributed by atoms with E-state index in [-0.39, 0.29) is 29.7 Å². The van der Waals surface area contributed by atoms with E-state index in [2.05, 4.69) is 19.2 Å². The second-order valence-corrected chi connectivity index (χ2v) is 12.9. The van der Waals surface area contributed by atoms with Gasteiger partial charge in [-0.2, -0.15) is 4.31 Å². The molecule has 1 aliphatic carbocycles. The van der Waals surface area contributed by atoms with Crippen LogP contribution in [0.4, 0.5) is 0 Å². The number of hydrogen-bond donors (Lipinski definition) is 1. The molecule has 0 spiro atoms. The Morgan fingerprint density at radius 3 is 2.09 bits per heavy atom. The maximum Gasteiger partial charge on any atom is 0.243 e. The summed E-state index contributed by atoms with van der Waals surface area (Å²) < 4.78 is 27.4. The highest BCUT2D eigenvalue weighted by Crippen LogP contribution is 2.31. The number of hydrogen-bond acceptors (Lipinski definition) is 4. The smallest absolute Gasteiger partial charge is 0.243 e. The minimum Gasteiger partial charge on any atom is -0.353 e. The van der Waals surface area contributed by atoms with Crippen molar-refractivity contribution >= 4 is 21.8 Å². The number of rotatable bonds is 5. The molecule has 2 amide bonds. The third-order valence-electron chi connectivity index (χ3n) is 8.67. The molecule has 194 valence electrons. The molecule has 3 atom stereocenters. The molecule has 3 fully saturated rings. The van der Waals surface area contributed by atoms with E-state index in [0.29, 0.717) is 68.6 Å². The summed E-state index contributed by atoms with van der Waals surface area (Å²) in [5.41, 5.74) is 1.02. The number of carbonyl (C=O) groups excluding carboxylic acids is 2. The number of likely N-dealkylation sites (tertiary alicyclic amines) is 1. The summed E-state index contributed by atoms with van der Waals surface area (Å²) in [6.45, 7) is 8.39. The Bertz CT molecular complexity index is 994. The number of benzene rings is 1. The standard InChI is InChI=1S/C27H41N3O4S/c1-19-7-9-24(10-8-19)35(33,34)30-17-13-23(14-18-30)27(32)29-15-11-22(12-16-29)26(31)28-25-6-4-5-20(2)21(25)3/h7-10,20-23,25H,4-6,11-18H2,1-3H3,(H,28,31)/t20-,21-,25+/m0/s1. The van der Waals surface area contributed by atoms with Crippen molar-refractivity contribution in [1.29, 1.82) is 0 Å². The van der Waals surface area contributed by atoms with Crippen molar-refractivity contribution in [2.24, 2.45) is 23.7 Å². The Hall–Kier alpha value is -1.93. The minimum absolute atomic E-state index is 0.0232. The van der Waals surface area contributed by atoms with Crippen molar-refractivity contribution in [2.45, 2.75) is 76.7 Å². The van der Waals surface area contributed by atoms with E-state index in [9.17, 15) is 18.0 Å². The number of nitrogens with one attached hydrogen (secondary N) is 1. The van der Waals surface area contributed by atoms with Gasteiger partial charge in [0.1, 0.15) is 0 Å². The number of carbonyl (C=O) groups is 2. The highest BCUT2D eigenvalue weighted by molar-refractivity contribution is 7.89. The Balaban J connectivity index is 1.24. The van der Waals surface area contributed by atoms with E-state index < -0.39 is 10.0 Å². The quantitative estimate of drug-likeness (QED) is 0.666. The number of aryl methyl sites for hydroxylation is 1. The molecular weight excluding hydrogens is 462 g/mol. The van der Waals surface area contributed by atoms with E-state index in [0.717, 1.165) is 12.0 Å². The summed E-state index contributed by atoms with van der Waals surface area (Å²) >= 11 is 0. The van der Waals surface area contributed by atoms with Crippen molar-refractivity contribution in [3.8, 4) is 0 Å². The molecule has 1 aromatic rings. The second kappa shape index (κ2) is 11.0. The fourth-order valence-electron chi connectivity index (χ4n) is 5.91. The Kier molecular flexibility index (Phi) is 8.21. The predicted octanol–water partition coefficient (Wildman–Crippen LogP) is 3.58. The first kappa shape index (κ1) is 26.1. The summed E-state index contributed by atoms with van der Waals surface area (Å²) in [7, 11) is -3.53. The molecule has 1 saturated carbocycles. The molecule has 2 heterocycles. The second-order valence-electron chi connectivity index (χ2n) is 11.0. The van der Waals surface area contributed by atoms with Crippen LogP contribution in [0.25, 0.3) is 0 Å². The van der Waals surface area contributed by atoms with Crippen LogP contribution in [0, 0.1) is 30.6 Å². The maximum atomic E-state index is 13.1. The highest BCUT2D eigenvalue weighted by atomic mass is 32.2. The first-order valence-corrected chi connectivity index (χ1v) is 14.8. The number of amides is 2. The normalized spacial score (nSPS) is 27.5. The van der Waals surface area contributed by atoms with Gasteiger partial charge in [-0.25, -0.2) is 8.42 Å². The average molecular weight is 504 g/mol. The fraction of sp³-hybridized carbons (Fsp3) is 0.704. The lowest BCUT2D eigenvalue weighted by Crippen LogP contribution is -2.50. The predicted molar refractivity (Wildman–Crippen MR) is 136 cm³/mol. The van der Waals surface area contributed by atoms with Crippen molar-refractivity contribution < 1.29 is 18.0 Å². The summed E-state index contributed by atoms with van der Waals surface area (Å²) in [6, 6.07) is 7.19. The topological polar surface area (TPSA) is 86.8 Å². The van der Waals surface area contributed by atoms with Crippen LogP contribution >= 0.6 is 0 Å². The van der Waals surface area contributed by atoms with E-state index in [1.54, 1.807) is 12.1 Å². The fourth-order valence-corrected chi connectivity index (χ4v) is 7.38. The molecule has 35 heavy (non-hydrogen) atoms.